The van der Waals surface area contributed by atoms with Gasteiger partial charge in [0.05, 0.1) is 19.3 Å². The van der Waals surface area contributed by atoms with E-state index < -0.39 is 0 Å². The fourth-order valence-corrected chi connectivity index (χ4v) is 2.68. The van der Waals surface area contributed by atoms with E-state index in [1.54, 1.807) is 7.11 Å². The first kappa shape index (κ1) is 14.1. The van der Waals surface area contributed by atoms with Crippen molar-refractivity contribution in [2.45, 2.75) is 45.3 Å². The van der Waals surface area contributed by atoms with Crippen LogP contribution in [-0.4, -0.2) is 13.2 Å². The van der Waals surface area contributed by atoms with Gasteiger partial charge in [0.1, 0.15) is 5.75 Å². The average Bonchev–Trinajstić information content (AvgIpc) is 2.37. The quantitative estimate of drug-likeness (QED) is 0.741. The lowest BCUT2D eigenvalue weighted by molar-refractivity contribution is -0.0417. The molecule has 0 bridgehead atoms. The van der Waals surface area contributed by atoms with Gasteiger partial charge in [0.15, 0.2) is 0 Å². The normalized spacial score (nSPS) is 23.7. The summed E-state index contributed by atoms with van der Waals surface area (Å²) >= 11 is 0. The highest BCUT2D eigenvalue weighted by molar-refractivity contribution is 5.29. The zero-order chi connectivity index (χ0) is 13.8. The van der Waals surface area contributed by atoms with Crippen LogP contribution in [0.15, 0.2) is 36.4 Å². The summed E-state index contributed by atoms with van der Waals surface area (Å²) in [6, 6.07) is 8.17. The minimum Gasteiger partial charge on any atom is -0.497 e. The van der Waals surface area contributed by atoms with Gasteiger partial charge in [0, 0.05) is 0 Å². The first-order chi connectivity index (χ1) is 9.08. The number of ether oxygens (including phenoxy) is 2. The van der Waals surface area contributed by atoms with Crippen LogP contribution in [0.5, 0.6) is 5.75 Å². The Morgan fingerprint density at radius 3 is 2.53 bits per heavy atom. The molecule has 0 amide bonds. The summed E-state index contributed by atoms with van der Waals surface area (Å²) in [5, 5.41) is 0. The van der Waals surface area contributed by atoms with Crippen molar-refractivity contribution in [3.63, 3.8) is 0 Å². The smallest absolute Gasteiger partial charge is 0.118 e. The monoisotopic (exact) mass is 260 g/mol. The van der Waals surface area contributed by atoms with Gasteiger partial charge in [-0.2, -0.15) is 0 Å². The molecule has 0 aromatic heterocycles. The van der Waals surface area contributed by atoms with E-state index in [0.717, 1.165) is 25.0 Å². The Labute approximate surface area is 116 Å². The molecule has 0 saturated carbocycles. The lowest BCUT2D eigenvalue weighted by Gasteiger charge is -2.32. The van der Waals surface area contributed by atoms with Gasteiger partial charge in [0.25, 0.3) is 0 Å². The Balaban J connectivity index is 2.07. The Morgan fingerprint density at radius 2 is 1.95 bits per heavy atom. The van der Waals surface area contributed by atoms with Crippen LogP contribution in [0.1, 0.15) is 44.8 Å². The molecule has 0 N–H and O–H groups in total. The first-order valence-corrected chi connectivity index (χ1v) is 7.04. The summed E-state index contributed by atoms with van der Waals surface area (Å²) in [5.41, 5.74) is 2.52. The van der Waals surface area contributed by atoms with Crippen molar-refractivity contribution in [3.05, 3.63) is 42.0 Å². The molecule has 1 saturated heterocycles. The van der Waals surface area contributed by atoms with E-state index in [1.165, 1.54) is 11.1 Å². The second-order valence-corrected chi connectivity index (χ2v) is 5.81. The number of benzene rings is 1. The van der Waals surface area contributed by atoms with E-state index in [1.807, 2.05) is 12.1 Å². The summed E-state index contributed by atoms with van der Waals surface area (Å²) in [6.45, 7) is 8.65. The van der Waals surface area contributed by atoms with Crippen LogP contribution >= 0.6 is 0 Å². The molecule has 2 heteroatoms. The largest absolute Gasteiger partial charge is 0.497 e. The van der Waals surface area contributed by atoms with Crippen LogP contribution in [0.2, 0.25) is 0 Å². The predicted molar refractivity (Wildman–Crippen MR) is 78.4 cm³/mol. The molecular formula is C17H24O2. The van der Waals surface area contributed by atoms with E-state index in [4.69, 9.17) is 9.47 Å². The fraction of sp³-hybridized carbons (Fsp3) is 0.529. The number of rotatable bonds is 4. The minimum absolute atomic E-state index is 0.149. The van der Waals surface area contributed by atoms with Gasteiger partial charge in [-0.3, -0.25) is 0 Å². The maximum atomic E-state index is 6.23. The molecule has 1 fully saturated rings. The van der Waals surface area contributed by atoms with Gasteiger partial charge < -0.3 is 9.47 Å². The minimum atomic E-state index is 0.149. The molecule has 0 radical (unpaired) electrons. The molecular weight excluding hydrogens is 236 g/mol. The average molecular weight is 260 g/mol. The van der Waals surface area contributed by atoms with Crippen molar-refractivity contribution < 1.29 is 9.47 Å². The van der Waals surface area contributed by atoms with Crippen LogP contribution in [0.25, 0.3) is 0 Å². The van der Waals surface area contributed by atoms with E-state index in [-0.39, 0.29) is 6.10 Å². The SMILES string of the molecule is C=C1C[C@H](CC(C)C)O[C@H](c2ccc(OC)cc2)C1. The van der Waals surface area contributed by atoms with Crippen molar-refractivity contribution >= 4 is 0 Å². The molecule has 104 valence electrons. The third-order valence-electron chi connectivity index (χ3n) is 3.57. The fourth-order valence-electron chi connectivity index (χ4n) is 2.68. The van der Waals surface area contributed by atoms with E-state index in [9.17, 15) is 0 Å². The van der Waals surface area contributed by atoms with E-state index >= 15 is 0 Å². The van der Waals surface area contributed by atoms with Gasteiger partial charge in [-0.25, -0.2) is 0 Å². The van der Waals surface area contributed by atoms with Crippen LogP contribution < -0.4 is 4.74 Å². The highest BCUT2D eigenvalue weighted by Crippen LogP contribution is 2.36. The summed E-state index contributed by atoms with van der Waals surface area (Å²) in [6.07, 6.45) is 3.50. The Bertz CT molecular complexity index is 419. The molecule has 0 aliphatic carbocycles. The highest BCUT2D eigenvalue weighted by Gasteiger charge is 2.26. The summed E-state index contributed by atoms with van der Waals surface area (Å²) in [4.78, 5) is 0. The molecule has 1 heterocycles. The Morgan fingerprint density at radius 1 is 1.26 bits per heavy atom. The highest BCUT2D eigenvalue weighted by atomic mass is 16.5. The first-order valence-electron chi connectivity index (χ1n) is 7.04. The lowest BCUT2D eigenvalue weighted by Crippen LogP contribution is -2.25. The maximum absolute atomic E-state index is 6.23. The van der Waals surface area contributed by atoms with Gasteiger partial charge in [-0.05, 0) is 42.9 Å². The summed E-state index contributed by atoms with van der Waals surface area (Å²) in [5.74, 6) is 1.55. The molecule has 0 spiro atoms. The van der Waals surface area contributed by atoms with Gasteiger partial charge in [-0.1, -0.05) is 38.1 Å². The molecule has 1 aromatic rings. The van der Waals surface area contributed by atoms with Crippen LogP contribution in [0.3, 0.4) is 0 Å². The molecule has 19 heavy (non-hydrogen) atoms. The van der Waals surface area contributed by atoms with E-state index in [0.29, 0.717) is 12.0 Å². The third-order valence-corrected chi connectivity index (χ3v) is 3.57. The van der Waals surface area contributed by atoms with Crippen molar-refractivity contribution in [3.8, 4) is 5.75 Å². The second kappa shape index (κ2) is 6.25. The van der Waals surface area contributed by atoms with Crippen LogP contribution in [0.4, 0.5) is 0 Å². The molecule has 2 atom stereocenters. The number of hydrogen-bond donors (Lipinski definition) is 0. The van der Waals surface area contributed by atoms with Crippen LogP contribution in [0, 0.1) is 5.92 Å². The Kier molecular flexibility index (Phi) is 4.65. The van der Waals surface area contributed by atoms with Gasteiger partial charge in [-0.15, -0.1) is 0 Å². The molecule has 2 rings (SSSR count). The molecule has 1 aliphatic rings. The van der Waals surface area contributed by atoms with Crippen molar-refractivity contribution in [2.24, 2.45) is 5.92 Å². The molecule has 0 unspecified atom stereocenters. The Hall–Kier alpha value is -1.28. The number of methoxy groups -OCH3 is 1. The molecule has 2 nitrogen and oxygen atoms in total. The maximum Gasteiger partial charge on any atom is 0.118 e. The molecule has 1 aromatic carbocycles. The van der Waals surface area contributed by atoms with Crippen molar-refractivity contribution in [1.29, 1.82) is 0 Å². The topological polar surface area (TPSA) is 18.5 Å². The van der Waals surface area contributed by atoms with Crippen molar-refractivity contribution in [2.75, 3.05) is 7.11 Å². The zero-order valence-corrected chi connectivity index (χ0v) is 12.2. The van der Waals surface area contributed by atoms with Gasteiger partial charge in [0.2, 0.25) is 0 Å². The zero-order valence-electron chi connectivity index (χ0n) is 12.2. The summed E-state index contributed by atoms with van der Waals surface area (Å²) < 4.78 is 11.4. The van der Waals surface area contributed by atoms with Gasteiger partial charge >= 0.3 is 0 Å². The van der Waals surface area contributed by atoms with Crippen LogP contribution in [-0.2, 0) is 4.74 Å². The van der Waals surface area contributed by atoms with Crippen molar-refractivity contribution in [1.82, 2.24) is 0 Å². The third kappa shape index (κ3) is 3.84. The van der Waals surface area contributed by atoms with E-state index in [2.05, 4.69) is 32.6 Å². The molecule has 1 aliphatic heterocycles. The lowest BCUT2D eigenvalue weighted by atomic mass is 9.91. The second-order valence-electron chi connectivity index (χ2n) is 5.81. The predicted octanol–water partition coefficient (Wildman–Crippen LogP) is 4.52. The standard InChI is InChI=1S/C17H24O2/c1-12(2)9-16-10-13(3)11-17(19-16)14-5-7-15(18-4)8-6-14/h5-8,12,16-17H,3,9-11H2,1-2,4H3/t16-,17-/m0/s1. The summed E-state index contributed by atoms with van der Waals surface area (Å²) in [7, 11) is 1.69. The number of hydrogen-bond acceptors (Lipinski definition) is 2.